The highest BCUT2D eigenvalue weighted by Crippen LogP contribution is 2.28. The van der Waals surface area contributed by atoms with Gasteiger partial charge in [0.2, 0.25) is 0 Å². The molecule has 164 valence electrons. The number of hydrogen-bond acceptors (Lipinski definition) is 10. The highest BCUT2D eigenvalue weighted by atomic mass is 16.7. The van der Waals surface area contributed by atoms with Crippen LogP contribution in [0.3, 0.4) is 0 Å². The third-order valence-electron chi connectivity index (χ3n) is 5.18. The van der Waals surface area contributed by atoms with E-state index in [9.17, 15) is 25.5 Å². The standard InChI is InChI=1S/C19H28O10/c20-6-11-14(22)15(23)13(9-26-11)29-19-17(25)18(16(24)12(7-21)28-19)27-8-10-4-2-1-3-5-10/h1-5,11-25H,6-9H2/t11-,12+,13+,14-,15-,16-,17+,18-,19+/m1/s1. The third kappa shape index (κ3) is 5.12. The molecule has 0 saturated carbocycles. The third-order valence-corrected chi connectivity index (χ3v) is 5.18. The van der Waals surface area contributed by atoms with Gasteiger partial charge >= 0.3 is 0 Å². The average molecular weight is 416 g/mol. The second kappa shape index (κ2) is 10.2. The van der Waals surface area contributed by atoms with Crippen LogP contribution < -0.4 is 0 Å². The topological polar surface area (TPSA) is 158 Å². The van der Waals surface area contributed by atoms with E-state index in [4.69, 9.17) is 24.1 Å². The number of aliphatic hydroxyl groups excluding tert-OH is 6. The summed E-state index contributed by atoms with van der Waals surface area (Å²) in [5.74, 6) is 0. The molecule has 0 spiro atoms. The van der Waals surface area contributed by atoms with Crippen molar-refractivity contribution in [3.8, 4) is 0 Å². The summed E-state index contributed by atoms with van der Waals surface area (Å²) >= 11 is 0. The Hall–Kier alpha value is -1.18. The first-order chi connectivity index (χ1) is 14.0. The van der Waals surface area contributed by atoms with Crippen molar-refractivity contribution in [1.82, 2.24) is 0 Å². The van der Waals surface area contributed by atoms with E-state index in [1.165, 1.54) is 0 Å². The van der Waals surface area contributed by atoms with E-state index in [0.717, 1.165) is 5.56 Å². The van der Waals surface area contributed by atoms with Gasteiger partial charge in [-0.05, 0) is 5.56 Å². The highest BCUT2D eigenvalue weighted by Gasteiger charge is 2.48. The molecule has 1 aromatic carbocycles. The summed E-state index contributed by atoms with van der Waals surface area (Å²) in [7, 11) is 0. The van der Waals surface area contributed by atoms with Gasteiger partial charge in [0.25, 0.3) is 0 Å². The van der Waals surface area contributed by atoms with Crippen LogP contribution in [-0.4, -0.2) is 106 Å². The van der Waals surface area contributed by atoms with Gasteiger partial charge in [-0.25, -0.2) is 0 Å². The van der Waals surface area contributed by atoms with Crippen LogP contribution in [0.15, 0.2) is 30.3 Å². The molecule has 2 fully saturated rings. The molecule has 10 nitrogen and oxygen atoms in total. The van der Waals surface area contributed by atoms with Crippen LogP contribution in [0.1, 0.15) is 5.56 Å². The smallest absolute Gasteiger partial charge is 0.187 e. The Morgan fingerprint density at radius 2 is 1.55 bits per heavy atom. The molecule has 10 heteroatoms. The van der Waals surface area contributed by atoms with Crippen LogP contribution in [0.2, 0.25) is 0 Å². The van der Waals surface area contributed by atoms with Crippen molar-refractivity contribution in [1.29, 1.82) is 0 Å². The molecule has 2 aliphatic rings. The molecule has 0 amide bonds. The van der Waals surface area contributed by atoms with E-state index >= 15 is 0 Å². The minimum absolute atomic E-state index is 0.108. The zero-order chi connectivity index (χ0) is 21.0. The van der Waals surface area contributed by atoms with Crippen molar-refractivity contribution in [2.45, 2.75) is 61.7 Å². The van der Waals surface area contributed by atoms with Gasteiger partial charge in [-0.15, -0.1) is 0 Å². The Morgan fingerprint density at radius 3 is 2.21 bits per heavy atom. The Labute approximate surface area is 167 Å². The molecule has 0 aromatic heterocycles. The highest BCUT2D eigenvalue weighted by molar-refractivity contribution is 5.13. The van der Waals surface area contributed by atoms with Crippen molar-refractivity contribution in [2.24, 2.45) is 0 Å². The lowest BCUT2D eigenvalue weighted by atomic mass is 9.97. The molecule has 0 unspecified atom stereocenters. The zero-order valence-corrected chi connectivity index (χ0v) is 15.7. The maximum Gasteiger partial charge on any atom is 0.187 e. The average Bonchev–Trinajstić information content (AvgIpc) is 2.74. The molecule has 2 aliphatic heterocycles. The molecule has 1 aromatic rings. The van der Waals surface area contributed by atoms with Gasteiger partial charge in [0, 0.05) is 0 Å². The van der Waals surface area contributed by atoms with Crippen molar-refractivity contribution >= 4 is 0 Å². The quantitative estimate of drug-likeness (QED) is 0.281. The van der Waals surface area contributed by atoms with Crippen LogP contribution >= 0.6 is 0 Å². The van der Waals surface area contributed by atoms with Crippen LogP contribution in [0.4, 0.5) is 0 Å². The largest absolute Gasteiger partial charge is 0.394 e. The van der Waals surface area contributed by atoms with Crippen LogP contribution in [-0.2, 0) is 25.6 Å². The molecule has 9 atom stereocenters. The number of aliphatic hydroxyl groups is 6. The Kier molecular flexibility index (Phi) is 7.93. The Bertz CT molecular complexity index is 616. The van der Waals surface area contributed by atoms with Crippen molar-refractivity contribution in [2.75, 3.05) is 19.8 Å². The Morgan fingerprint density at radius 1 is 0.862 bits per heavy atom. The summed E-state index contributed by atoms with van der Waals surface area (Å²) in [6.45, 7) is -1.06. The second-order valence-corrected chi connectivity index (χ2v) is 7.18. The van der Waals surface area contributed by atoms with Crippen molar-refractivity contribution < 1.29 is 49.6 Å². The lowest BCUT2D eigenvalue weighted by molar-refractivity contribution is -0.337. The fourth-order valence-electron chi connectivity index (χ4n) is 3.44. The minimum Gasteiger partial charge on any atom is -0.394 e. The minimum atomic E-state index is -1.43. The summed E-state index contributed by atoms with van der Waals surface area (Å²) in [5.41, 5.74) is 0.825. The predicted octanol–water partition coefficient (Wildman–Crippen LogP) is -2.49. The van der Waals surface area contributed by atoms with E-state index in [-0.39, 0.29) is 13.2 Å². The first-order valence-corrected chi connectivity index (χ1v) is 9.48. The molecule has 6 N–H and O–H groups in total. The van der Waals surface area contributed by atoms with Gasteiger partial charge in [0.15, 0.2) is 6.29 Å². The molecule has 0 aliphatic carbocycles. The molecule has 0 radical (unpaired) electrons. The molecule has 0 bridgehead atoms. The second-order valence-electron chi connectivity index (χ2n) is 7.18. The molecule has 2 saturated heterocycles. The first kappa shape index (κ1) is 22.5. The van der Waals surface area contributed by atoms with E-state index in [2.05, 4.69) is 0 Å². The van der Waals surface area contributed by atoms with Gasteiger partial charge in [-0.1, -0.05) is 30.3 Å². The van der Waals surface area contributed by atoms with Crippen LogP contribution in [0, 0.1) is 0 Å². The fourth-order valence-corrected chi connectivity index (χ4v) is 3.44. The summed E-state index contributed by atoms with van der Waals surface area (Å²) < 4.78 is 22.0. The summed E-state index contributed by atoms with van der Waals surface area (Å²) in [5, 5.41) is 59.9. The summed E-state index contributed by atoms with van der Waals surface area (Å²) in [6, 6.07) is 9.15. The van der Waals surface area contributed by atoms with Gasteiger partial charge < -0.3 is 49.6 Å². The Balaban J connectivity index is 1.66. The van der Waals surface area contributed by atoms with E-state index in [1.807, 2.05) is 30.3 Å². The first-order valence-electron chi connectivity index (χ1n) is 9.48. The van der Waals surface area contributed by atoms with Crippen molar-refractivity contribution in [3.63, 3.8) is 0 Å². The van der Waals surface area contributed by atoms with Crippen molar-refractivity contribution in [3.05, 3.63) is 35.9 Å². The fraction of sp³-hybridized carbons (Fsp3) is 0.684. The van der Waals surface area contributed by atoms with E-state index in [1.54, 1.807) is 0 Å². The lowest BCUT2D eigenvalue weighted by Crippen LogP contribution is -2.63. The number of hydrogen-bond donors (Lipinski definition) is 6. The number of rotatable bonds is 7. The SMILES string of the molecule is OC[C@@H]1O[C@@H](O[C@H]2CO[C@H](CO)[C@@H](O)[C@@H]2O)[C@@H](O)[C@H](OCc2ccccc2)[C@@H]1O. The van der Waals surface area contributed by atoms with E-state index in [0.29, 0.717) is 0 Å². The normalized spacial score (nSPS) is 40.7. The van der Waals surface area contributed by atoms with Crippen LogP contribution in [0.25, 0.3) is 0 Å². The lowest BCUT2D eigenvalue weighted by Gasteiger charge is -2.44. The zero-order valence-electron chi connectivity index (χ0n) is 15.7. The number of ether oxygens (including phenoxy) is 4. The summed E-state index contributed by atoms with van der Waals surface area (Å²) in [4.78, 5) is 0. The summed E-state index contributed by atoms with van der Waals surface area (Å²) in [6.07, 6.45) is -11.1. The molecule has 3 rings (SSSR count). The van der Waals surface area contributed by atoms with Gasteiger partial charge in [0.1, 0.15) is 48.8 Å². The maximum absolute atomic E-state index is 10.6. The van der Waals surface area contributed by atoms with Gasteiger partial charge in [0.05, 0.1) is 26.4 Å². The van der Waals surface area contributed by atoms with Gasteiger partial charge in [-0.2, -0.15) is 0 Å². The van der Waals surface area contributed by atoms with E-state index < -0.39 is 68.3 Å². The van der Waals surface area contributed by atoms with Gasteiger partial charge in [-0.3, -0.25) is 0 Å². The molecular weight excluding hydrogens is 388 g/mol. The molecular formula is C19H28O10. The maximum atomic E-state index is 10.6. The van der Waals surface area contributed by atoms with Crippen LogP contribution in [0.5, 0.6) is 0 Å². The number of benzene rings is 1. The monoisotopic (exact) mass is 416 g/mol. The molecule has 2 heterocycles. The molecule has 29 heavy (non-hydrogen) atoms. The predicted molar refractivity (Wildman–Crippen MR) is 96.5 cm³/mol.